The molecule has 3 N–H and O–H groups in total. The first-order chi connectivity index (χ1) is 9.28. The third-order valence-electron chi connectivity index (χ3n) is 5.73. The fourth-order valence-electron chi connectivity index (χ4n) is 5.10. The van der Waals surface area contributed by atoms with Crippen LogP contribution in [-0.4, -0.2) is 11.5 Å². The monoisotopic (exact) mass is 257 g/mol. The average Bonchev–Trinajstić information content (AvgIpc) is 2.39. The second-order valence-electron chi connectivity index (χ2n) is 6.95. The molecule has 5 rings (SSSR count). The van der Waals surface area contributed by atoms with Gasteiger partial charge in [0.2, 0.25) is 0 Å². The van der Waals surface area contributed by atoms with Gasteiger partial charge < -0.3 is 11.1 Å². The van der Waals surface area contributed by atoms with E-state index in [4.69, 9.17) is 5.73 Å². The van der Waals surface area contributed by atoms with Gasteiger partial charge in [-0.15, -0.1) is 0 Å². The van der Waals surface area contributed by atoms with Crippen molar-refractivity contribution in [1.82, 2.24) is 4.98 Å². The number of nitrogens with zero attached hydrogens (tertiary/aromatic N) is 1. The third-order valence-corrected chi connectivity index (χ3v) is 5.73. The zero-order chi connectivity index (χ0) is 12.8. The van der Waals surface area contributed by atoms with Gasteiger partial charge in [0, 0.05) is 6.54 Å². The second kappa shape index (κ2) is 4.39. The molecule has 4 aliphatic carbocycles. The van der Waals surface area contributed by atoms with Gasteiger partial charge in [-0.1, -0.05) is 0 Å². The topological polar surface area (TPSA) is 50.9 Å². The number of pyridine rings is 1. The van der Waals surface area contributed by atoms with Crippen LogP contribution in [0.2, 0.25) is 0 Å². The molecule has 1 aromatic rings. The number of anilines is 2. The predicted octanol–water partition coefficient (Wildman–Crippen LogP) is 3.15. The number of rotatable bonds is 3. The first-order valence-electron chi connectivity index (χ1n) is 7.73. The van der Waals surface area contributed by atoms with E-state index in [1.165, 1.54) is 32.1 Å². The minimum Gasteiger partial charge on any atom is -0.397 e. The van der Waals surface area contributed by atoms with E-state index in [2.05, 4.69) is 10.3 Å². The minimum atomic E-state index is 0.736. The summed E-state index contributed by atoms with van der Waals surface area (Å²) >= 11 is 0. The Morgan fingerprint density at radius 2 is 1.74 bits per heavy atom. The first-order valence-corrected chi connectivity index (χ1v) is 7.73. The van der Waals surface area contributed by atoms with Crippen molar-refractivity contribution in [2.24, 2.45) is 29.6 Å². The molecule has 0 aromatic carbocycles. The standard InChI is InChI=1S/C16H23N3/c17-14-1-2-16(18-8-14)19-9-15-12-4-10-3-11(6-12)7-13(15)5-10/h1-2,8,10-13,15H,3-7,9,17H2,(H,18,19). The van der Waals surface area contributed by atoms with Gasteiger partial charge in [0.25, 0.3) is 0 Å². The summed E-state index contributed by atoms with van der Waals surface area (Å²) < 4.78 is 0. The van der Waals surface area contributed by atoms with Crippen LogP contribution in [0, 0.1) is 29.6 Å². The molecule has 0 aliphatic heterocycles. The Morgan fingerprint density at radius 3 is 2.32 bits per heavy atom. The molecule has 0 amide bonds. The number of nitrogen functional groups attached to an aromatic ring is 1. The summed E-state index contributed by atoms with van der Waals surface area (Å²) in [6, 6.07) is 3.91. The molecule has 4 fully saturated rings. The highest BCUT2D eigenvalue weighted by Crippen LogP contribution is 2.56. The Bertz CT molecular complexity index is 426. The third kappa shape index (κ3) is 2.09. The smallest absolute Gasteiger partial charge is 0.126 e. The van der Waals surface area contributed by atoms with Crippen LogP contribution in [0.5, 0.6) is 0 Å². The Balaban J connectivity index is 1.42. The largest absolute Gasteiger partial charge is 0.397 e. The lowest BCUT2D eigenvalue weighted by Gasteiger charge is -2.54. The van der Waals surface area contributed by atoms with Crippen LogP contribution in [0.4, 0.5) is 11.5 Å². The van der Waals surface area contributed by atoms with Gasteiger partial charge >= 0.3 is 0 Å². The van der Waals surface area contributed by atoms with E-state index < -0.39 is 0 Å². The molecule has 0 unspecified atom stereocenters. The van der Waals surface area contributed by atoms with Gasteiger partial charge in [0.1, 0.15) is 5.82 Å². The van der Waals surface area contributed by atoms with Crippen molar-refractivity contribution in [3.63, 3.8) is 0 Å². The van der Waals surface area contributed by atoms with Crippen LogP contribution >= 0.6 is 0 Å². The van der Waals surface area contributed by atoms with E-state index >= 15 is 0 Å². The number of hydrogen-bond acceptors (Lipinski definition) is 3. The van der Waals surface area contributed by atoms with Gasteiger partial charge in [0.05, 0.1) is 11.9 Å². The van der Waals surface area contributed by atoms with Crippen molar-refractivity contribution in [3.05, 3.63) is 18.3 Å². The van der Waals surface area contributed by atoms with Crippen molar-refractivity contribution in [3.8, 4) is 0 Å². The molecule has 4 bridgehead atoms. The summed E-state index contributed by atoms with van der Waals surface area (Å²) in [5.41, 5.74) is 6.41. The highest BCUT2D eigenvalue weighted by molar-refractivity contribution is 5.43. The quantitative estimate of drug-likeness (QED) is 0.874. The Kier molecular flexibility index (Phi) is 2.68. The summed E-state index contributed by atoms with van der Waals surface area (Å²) in [6.07, 6.45) is 9.25. The molecular weight excluding hydrogens is 234 g/mol. The van der Waals surface area contributed by atoms with Gasteiger partial charge in [-0.2, -0.15) is 0 Å². The number of aromatic nitrogens is 1. The molecule has 4 aliphatic rings. The van der Waals surface area contributed by atoms with E-state index in [-0.39, 0.29) is 0 Å². The fourth-order valence-corrected chi connectivity index (χ4v) is 5.10. The fraction of sp³-hybridized carbons (Fsp3) is 0.688. The maximum absolute atomic E-state index is 5.67. The molecule has 0 spiro atoms. The molecule has 4 saturated carbocycles. The summed E-state index contributed by atoms with van der Waals surface area (Å²) in [7, 11) is 0. The normalized spacial score (nSPS) is 39.5. The Hall–Kier alpha value is -1.25. The van der Waals surface area contributed by atoms with Crippen LogP contribution in [0.15, 0.2) is 18.3 Å². The van der Waals surface area contributed by atoms with Crippen molar-refractivity contribution in [2.45, 2.75) is 32.1 Å². The van der Waals surface area contributed by atoms with Gasteiger partial charge in [0.15, 0.2) is 0 Å². The molecule has 0 saturated heterocycles. The van der Waals surface area contributed by atoms with E-state index in [9.17, 15) is 0 Å². The molecule has 0 atom stereocenters. The molecule has 102 valence electrons. The zero-order valence-corrected chi connectivity index (χ0v) is 11.4. The molecule has 1 heterocycles. The highest BCUT2D eigenvalue weighted by Gasteiger charge is 2.47. The average molecular weight is 257 g/mol. The van der Waals surface area contributed by atoms with Gasteiger partial charge in [-0.3, -0.25) is 0 Å². The minimum absolute atomic E-state index is 0.736. The summed E-state index contributed by atoms with van der Waals surface area (Å²) in [6.45, 7) is 1.10. The molecule has 3 nitrogen and oxygen atoms in total. The lowest BCUT2D eigenvalue weighted by atomic mass is 9.52. The van der Waals surface area contributed by atoms with E-state index in [1.807, 2.05) is 12.1 Å². The zero-order valence-electron chi connectivity index (χ0n) is 11.4. The summed E-state index contributed by atoms with van der Waals surface area (Å²) in [4.78, 5) is 4.34. The number of nitrogens with one attached hydrogen (secondary N) is 1. The van der Waals surface area contributed by atoms with Crippen molar-refractivity contribution in [1.29, 1.82) is 0 Å². The van der Waals surface area contributed by atoms with Crippen molar-refractivity contribution in [2.75, 3.05) is 17.6 Å². The molecule has 1 aromatic heterocycles. The first kappa shape index (κ1) is 11.6. The van der Waals surface area contributed by atoms with Crippen molar-refractivity contribution >= 4 is 11.5 Å². The van der Waals surface area contributed by atoms with E-state index in [0.29, 0.717) is 0 Å². The van der Waals surface area contributed by atoms with Gasteiger partial charge in [-0.05, 0) is 73.8 Å². The number of nitrogens with two attached hydrogens (primary N) is 1. The lowest BCUT2D eigenvalue weighted by Crippen LogP contribution is -2.47. The molecule has 0 radical (unpaired) electrons. The second-order valence-corrected chi connectivity index (χ2v) is 6.95. The number of hydrogen-bond donors (Lipinski definition) is 2. The van der Waals surface area contributed by atoms with Crippen molar-refractivity contribution < 1.29 is 0 Å². The maximum atomic E-state index is 5.67. The van der Waals surface area contributed by atoms with E-state index in [1.54, 1.807) is 6.20 Å². The van der Waals surface area contributed by atoms with Crippen LogP contribution in [-0.2, 0) is 0 Å². The highest BCUT2D eigenvalue weighted by atomic mass is 15.0. The molecule has 19 heavy (non-hydrogen) atoms. The van der Waals surface area contributed by atoms with Crippen LogP contribution in [0.25, 0.3) is 0 Å². The Labute approximate surface area is 115 Å². The van der Waals surface area contributed by atoms with Crippen LogP contribution < -0.4 is 11.1 Å². The SMILES string of the molecule is Nc1ccc(NCC2C3CC4CC(C3)CC2C4)nc1. The summed E-state index contributed by atoms with van der Waals surface area (Å²) in [5.74, 6) is 5.95. The van der Waals surface area contributed by atoms with E-state index in [0.717, 1.165) is 47.6 Å². The summed E-state index contributed by atoms with van der Waals surface area (Å²) in [5, 5.41) is 3.53. The lowest BCUT2D eigenvalue weighted by molar-refractivity contribution is -0.0305. The predicted molar refractivity (Wildman–Crippen MR) is 77.7 cm³/mol. The van der Waals surface area contributed by atoms with Crippen LogP contribution in [0.3, 0.4) is 0 Å². The Morgan fingerprint density at radius 1 is 1.05 bits per heavy atom. The maximum Gasteiger partial charge on any atom is 0.126 e. The molecular formula is C16H23N3. The van der Waals surface area contributed by atoms with Crippen LogP contribution in [0.1, 0.15) is 32.1 Å². The molecule has 3 heteroatoms. The van der Waals surface area contributed by atoms with Gasteiger partial charge in [-0.25, -0.2) is 4.98 Å².